The van der Waals surface area contributed by atoms with Crippen LogP contribution in [0.4, 0.5) is 0 Å². The molecule has 3 aromatic rings. The van der Waals surface area contributed by atoms with Gasteiger partial charge in [-0.1, -0.05) is 30.3 Å². The van der Waals surface area contributed by atoms with Gasteiger partial charge in [-0.25, -0.2) is 4.79 Å². The van der Waals surface area contributed by atoms with Crippen LogP contribution in [0.3, 0.4) is 0 Å². The van der Waals surface area contributed by atoms with Crippen LogP contribution >= 0.6 is 0 Å². The summed E-state index contributed by atoms with van der Waals surface area (Å²) < 4.78 is 20.9. The summed E-state index contributed by atoms with van der Waals surface area (Å²) in [6.07, 6.45) is 1.27. The summed E-state index contributed by atoms with van der Waals surface area (Å²) in [5.41, 5.74) is 1.21. The quantitative estimate of drug-likeness (QED) is 0.485. The second-order valence-electron chi connectivity index (χ2n) is 5.61. The maximum atomic E-state index is 13.0. The number of carbonyl (C=O) groups is 2. The predicted octanol–water partition coefficient (Wildman–Crippen LogP) is 3.98. The average molecular weight is 366 g/mol. The second kappa shape index (κ2) is 7.78. The number of hydrogen-bond donors (Lipinski definition) is 0. The van der Waals surface area contributed by atoms with E-state index in [1.807, 2.05) is 18.2 Å². The van der Waals surface area contributed by atoms with Crippen LogP contribution in [0.25, 0.3) is 11.3 Å². The Kier molecular flexibility index (Phi) is 5.26. The fraction of sp³-hybridized carbons (Fsp3) is 0.143. The molecule has 0 aliphatic heterocycles. The van der Waals surface area contributed by atoms with Crippen LogP contribution in [0.15, 0.2) is 59.2 Å². The zero-order valence-electron chi connectivity index (χ0n) is 15.1. The van der Waals surface area contributed by atoms with Crippen LogP contribution in [0.5, 0.6) is 11.5 Å². The van der Waals surface area contributed by atoms with Gasteiger partial charge in [-0.2, -0.15) is 0 Å². The first-order valence-electron chi connectivity index (χ1n) is 8.12. The van der Waals surface area contributed by atoms with Crippen molar-refractivity contribution >= 4 is 11.8 Å². The molecule has 0 saturated carbocycles. The summed E-state index contributed by atoms with van der Waals surface area (Å²) in [5.74, 6) is 0.161. The number of hydrogen-bond acceptors (Lipinski definition) is 6. The van der Waals surface area contributed by atoms with E-state index in [2.05, 4.69) is 0 Å². The minimum atomic E-state index is -0.647. The molecule has 6 nitrogen and oxygen atoms in total. The lowest BCUT2D eigenvalue weighted by Gasteiger charge is -2.09. The number of carbonyl (C=O) groups excluding carboxylic acids is 2. The maximum Gasteiger partial charge on any atom is 0.342 e. The number of ether oxygens (including phenoxy) is 3. The Labute approximate surface area is 156 Å². The lowest BCUT2D eigenvalue weighted by Crippen LogP contribution is -2.10. The summed E-state index contributed by atoms with van der Waals surface area (Å²) in [6, 6.07) is 13.8. The van der Waals surface area contributed by atoms with Gasteiger partial charge in [0.15, 0.2) is 17.3 Å². The first-order valence-corrected chi connectivity index (χ1v) is 8.12. The second-order valence-corrected chi connectivity index (χ2v) is 5.61. The third kappa shape index (κ3) is 3.42. The molecule has 0 saturated heterocycles. The molecule has 0 unspecified atom stereocenters. The van der Waals surface area contributed by atoms with E-state index in [-0.39, 0.29) is 22.7 Å². The third-order valence-electron chi connectivity index (χ3n) is 4.11. The Morgan fingerprint density at radius 1 is 0.889 bits per heavy atom. The summed E-state index contributed by atoms with van der Waals surface area (Å²) in [6.45, 7) is 0. The van der Waals surface area contributed by atoms with Crippen LogP contribution in [0.1, 0.15) is 26.3 Å². The average Bonchev–Trinajstić information content (AvgIpc) is 3.17. The van der Waals surface area contributed by atoms with Gasteiger partial charge in [-0.05, 0) is 18.2 Å². The van der Waals surface area contributed by atoms with Gasteiger partial charge in [0.25, 0.3) is 0 Å². The maximum absolute atomic E-state index is 13.0. The van der Waals surface area contributed by atoms with E-state index in [1.165, 1.54) is 27.6 Å². The zero-order valence-corrected chi connectivity index (χ0v) is 15.1. The standard InChI is InChI=1S/C21H18O6/c1-24-16-10-9-14(11-17(16)25-2)19(22)15-12-27-20(18(15)21(23)26-3)13-7-5-4-6-8-13/h4-12H,1-3H3. The largest absolute Gasteiger partial charge is 0.493 e. The Hall–Kier alpha value is -3.54. The van der Waals surface area contributed by atoms with Crippen LogP contribution in [0, 0.1) is 0 Å². The first-order chi connectivity index (χ1) is 13.1. The first kappa shape index (κ1) is 18.3. The molecule has 0 amide bonds. The molecule has 0 aliphatic carbocycles. The molecule has 1 heterocycles. The van der Waals surface area contributed by atoms with Crippen LogP contribution < -0.4 is 9.47 Å². The van der Waals surface area contributed by atoms with Crippen molar-refractivity contribution in [2.75, 3.05) is 21.3 Å². The molecule has 27 heavy (non-hydrogen) atoms. The van der Waals surface area contributed by atoms with Crippen molar-refractivity contribution in [1.82, 2.24) is 0 Å². The van der Waals surface area contributed by atoms with Gasteiger partial charge in [0.1, 0.15) is 17.6 Å². The van der Waals surface area contributed by atoms with E-state index in [9.17, 15) is 9.59 Å². The highest BCUT2D eigenvalue weighted by Crippen LogP contribution is 2.32. The number of methoxy groups -OCH3 is 3. The molecule has 0 radical (unpaired) electrons. The molecule has 0 spiro atoms. The Bertz CT molecular complexity index is 972. The van der Waals surface area contributed by atoms with Gasteiger partial charge in [0, 0.05) is 11.1 Å². The van der Waals surface area contributed by atoms with Crippen molar-refractivity contribution in [1.29, 1.82) is 0 Å². The van der Waals surface area contributed by atoms with Gasteiger partial charge in [0.05, 0.1) is 26.9 Å². The smallest absolute Gasteiger partial charge is 0.342 e. The van der Waals surface area contributed by atoms with E-state index in [0.29, 0.717) is 22.6 Å². The molecule has 2 aromatic carbocycles. The fourth-order valence-corrected chi connectivity index (χ4v) is 2.76. The Balaban J connectivity index is 2.10. The van der Waals surface area contributed by atoms with E-state index in [0.717, 1.165) is 0 Å². The van der Waals surface area contributed by atoms with Gasteiger partial charge in [-0.3, -0.25) is 4.79 Å². The highest BCUT2D eigenvalue weighted by atomic mass is 16.5. The van der Waals surface area contributed by atoms with Crippen LogP contribution in [0.2, 0.25) is 0 Å². The van der Waals surface area contributed by atoms with Crippen molar-refractivity contribution in [3.8, 4) is 22.8 Å². The SMILES string of the molecule is COC(=O)c1c(C(=O)c2ccc(OC)c(OC)c2)coc1-c1ccccc1. The van der Waals surface area contributed by atoms with E-state index >= 15 is 0 Å². The molecule has 0 atom stereocenters. The number of benzene rings is 2. The lowest BCUT2D eigenvalue weighted by molar-refractivity contribution is 0.0598. The summed E-state index contributed by atoms with van der Waals surface area (Å²) >= 11 is 0. The molecule has 3 rings (SSSR count). The van der Waals surface area contributed by atoms with Crippen molar-refractivity contribution in [3.05, 3.63) is 71.5 Å². The molecule has 6 heteroatoms. The Morgan fingerprint density at radius 3 is 2.22 bits per heavy atom. The molecule has 0 bridgehead atoms. The van der Waals surface area contributed by atoms with Crippen molar-refractivity contribution in [3.63, 3.8) is 0 Å². The number of ketones is 1. The number of furan rings is 1. The normalized spacial score (nSPS) is 10.3. The van der Waals surface area contributed by atoms with Crippen molar-refractivity contribution < 1.29 is 28.2 Å². The lowest BCUT2D eigenvalue weighted by atomic mass is 9.98. The Morgan fingerprint density at radius 2 is 1.59 bits per heavy atom. The highest BCUT2D eigenvalue weighted by molar-refractivity contribution is 6.16. The molecule has 0 fully saturated rings. The molecular formula is C21H18O6. The number of esters is 1. The predicted molar refractivity (Wildman–Crippen MR) is 98.5 cm³/mol. The minimum absolute atomic E-state index is 0.0866. The third-order valence-corrected chi connectivity index (χ3v) is 4.11. The summed E-state index contributed by atoms with van der Waals surface area (Å²) in [7, 11) is 4.25. The van der Waals surface area contributed by atoms with E-state index < -0.39 is 5.97 Å². The monoisotopic (exact) mass is 366 g/mol. The van der Waals surface area contributed by atoms with Crippen molar-refractivity contribution in [2.24, 2.45) is 0 Å². The number of rotatable bonds is 6. The van der Waals surface area contributed by atoms with Crippen molar-refractivity contribution in [2.45, 2.75) is 0 Å². The van der Waals surface area contributed by atoms with Crippen LogP contribution in [-0.2, 0) is 4.74 Å². The summed E-state index contributed by atoms with van der Waals surface area (Å²) in [4.78, 5) is 25.4. The van der Waals surface area contributed by atoms with Gasteiger partial charge < -0.3 is 18.6 Å². The summed E-state index contributed by atoms with van der Waals surface area (Å²) in [5, 5.41) is 0. The van der Waals surface area contributed by atoms with Crippen LogP contribution in [-0.4, -0.2) is 33.1 Å². The highest BCUT2D eigenvalue weighted by Gasteiger charge is 2.27. The van der Waals surface area contributed by atoms with Gasteiger partial charge in [-0.15, -0.1) is 0 Å². The van der Waals surface area contributed by atoms with E-state index in [4.69, 9.17) is 18.6 Å². The molecule has 1 aromatic heterocycles. The zero-order chi connectivity index (χ0) is 19.4. The minimum Gasteiger partial charge on any atom is -0.493 e. The van der Waals surface area contributed by atoms with Gasteiger partial charge >= 0.3 is 5.97 Å². The molecular weight excluding hydrogens is 348 g/mol. The molecule has 0 aliphatic rings. The topological polar surface area (TPSA) is 75.0 Å². The van der Waals surface area contributed by atoms with E-state index in [1.54, 1.807) is 30.3 Å². The fourth-order valence-electron chi connectivity index (χ4n) is 2.76. The molecule has 0 N–H and O–H groups in total. The van der Waals surface area contributed by atoms with Gasteiger partial charge in [0.2, 0.25) is 0 Å². The molecule has 138 valence electrons.